The van der Waals surface area contributed by atoms with E-state index in [1.54, 1.807) is 0 Å². The molecule has 1 unspecified atom stereocenters. The van der Waals surface area contributed by atoms with Crippen molar-refractivity contribution in [3.63, 3.8) is 0 Å². The van der Waals surface area contributed by atoms with Gasteiger partial charge in [-0.25, -0.2) is 0 Å². The summed E-state index contributed by atoms with van der Waals surface area (Å²) in [5.74, 6) is 0.195. The molecule has 1 aromatic heterocycles. The van der Waals surface area contributed by atoms with Gasteiger partial charge < -0.3 is 4.90 Å². The fourth-order valence-corrected chi connectivity index (χ4v) is 2.79. The summed E-state index contributed by atoms with van der Waals surface area (Å²) in [6, 6.07) is 9.84. The SMILES string of the molecule is CCN(C(=O)C1CCc2n[nH]nc2C1)c1ccccc1. The van der Waals surface area contributed by atoms with Crippen molar-refractivity contribution in [1.82, 2.24) is 15.4 Å². The molecule has 1 aromatic carbocycles. The smallest absolute Gasteiger partial charge is 0.230 e. The van der Waals surface area contributed by atoms with Gasteiger partial charge in [-0.3, -0.25) is 4.79 Å². The van der Waals surface area contributed by atoms with Crippen LogP contribution in [0.4, 0.5) is 5.69 Å². The van der Waals surface area contributed by atoms with Crippen LogP contribution >= 0.6 is 0 Å². The average Bonchev–Trinajstić information content (AvgIpc) is 2.96. The zero-order valence-corrected chi connectivity index (χ0v) is 11.5. The van der Waals surface area contributed by atoms with E-state index in [1.807, 2.05) is 42.2 Å². The zero-order valence-electron chi connectivity index (χ0n) is 11.5. The lowest BCUT2D eigenvalue weighted by atomic mass is 9.88. The molecule has 1 heterocycles. The number of nitrogens with one attached hydrogen (secondary N) is 1. The van der Waals surface area contributed by atoms with Crippen molar-refractivity contribution in [2.24, 2.45) is 5.92 Å². The Bertz CT molecular complexity index is 593. The lowest BCUT2D eigenvalue weighted by molar-refractivity contribution is -0.122. The predicted molar refractivity (Wildman–Crippen MR) is 76.4 cm³/mol. The summed E-state index contributed by atoms with van der Waals surface area (Å²) < 4.78 is 0. The van der Waals surface area contributed by atoms with E-state index in [-0.39, 0.29) is 11.8 Å². The number of aromatic amines is 1. The van der Waals surface area contributed by atoms with Gasteiger partial charge in [-0.2, -0.15) is 15.4 Å². The van der Waals surface area contributed by atoms with Gasteiger partial charge in [0.15, 0.2) is 0 Å². The Hall–Kier alpha value is -2.17. The molecular weight excluding hydrogens is 252 g/mol. The number of anilines is 1. The maximum absolute atomic E-state index is 12.7. The second-order valence-electron chi connectivity index (χ2n) is 5.07. The molecule has 5 heteroatoms. The first-order valence-electron chi connectivity index (χ1n) is 7.04. The standard InChI is InChI=1S/C15H18N4O/c1-2-19(12-6-4-3-5-7-12)15(20)11-8-9-13-14(10-11)17-18-16-13/h3-7,11H,2,8-10H2,1H3,(H,16,17,18). The highest BCUT2D eigenvalue weighted by Crippen LogP contribution is 2.26. The third-order valence-corrected chi connectivity index (χ3v) is 3.87. The number of aromatic nitrogens is 3. The van der Waals surface area contributed by atoms with Crippen LogP contribution in [0, 0.1) is 5.92 Å². The van der Waals surface area contributed by atoms with Gasteiger partial charge in [-0.05, 0) is 31.9 Å². The molecule has 0 radical (unpaired) electrons. The maximum atomic E-state index is 12.7. The summed E-state index contributed by atoms with van der Waals surface area (Å²) in [6.07, 6.45) is 2.37. The van der Waals surface area contributed by atoms with Gasteiger partial charge in [0, 0.05) is 24.6 Å². The van der Waals surface area contributed by atoms with E-state index in [1.165, 1.54) is 0 Å². The number of carbonyl (C=O) groups excluding carboxylic acids is 1. The lowest BCUT2D eigenvalue weighted by Gasteiger charge is -2.27. The molecule has 104 valence electrons. The normalized spacial score (nSPS) is 17.6. The molecule has 0 saturated heterocycles. The van der Waals surface area contributed by atoms with E-state index < -0.39 is 0 Å². The van der Waals surface area contributed by atoms with E-state index in [0.29, 0.717) is 13.0 Å². The number of benzene rings is 1. The van der Waals surface area contributed by atoms with Crippen molar-refractivity contribution in [1.29, 1.82) is 0 Å². The van der Waals surface area contributed by atoms with Crippen molar-refractivity contribution in [2.75, 3.05) is 11.4 Å². The van der Waals surface area contributed by atoms with Crippen molar-refractivity contribution in [3.05, 3.63) is 41.7 Å². The number of nitrogens with zero attached hydrogens (tertiary/aromatic N) is 3. The van der Waals surface area contributed by atoms with Gasteiger partial charge in [0.25, 0.3) is 0 Å². The van der Waals surface area contributed by atoms with Crippen LogP contribution in [0.1, 0.15) is 24.7 Å². The third-order valence-electron chi connectivity index (χ3n) is 3.87. The first-order chi connectivity index (χ1) is 9.79. The summed E-state index contributed by atoms with van der Waals surface area (Å²) in [5.41, 5.74) is 2.92. The minimum atomic E-state index is 0.00718. The molecule has 1 amide bonds. The summed E-state index contributed by atoms with van der Waals surface area (Å²) in [5, 5.41) is 10.9. The van der Waals surface area contributed by atoms with Crippen LogP contribution in [0.25, 0.3) is 0 Å². The molecule has 1 aliphatic rings. The average molecular weight is 270 g/mol. The highest BCUT2D eigenvalue weighted by molar-refractivity contribution is 5.95. The molecule has 0 spiro atoms. The van der Waals surface area contributed by atoms with Gasteiger partial charge in [0.05, 0.1) is 11.4 Å². The van der Waals surface area contributed by atoms with Crippen LogP contribution in [-0.2, 0) is 17.6 Å². The Morgan fingerprint density at radius 2 is 2.05 bits per heavy atom. The molecule has 1 aliphatic carbocycles. The molecule has 5 nitrogen and oxygen atoms in total. The van der Waals surface area contributed by atoms with Crippen LogP contribution < -0.4 is 4.90 Å². The number of carbonyl (C=O) groups is 1. The van der Waals surface area contributed by atoms with Gasteiger partial charge in [-0.15, -0.1) is 0 Å². The minimum Gasteiger partial charge on any atom is -0.312 e. The highest BCUT2D eigenvalue weighted by atomic mass is 16.2. The number of fused-ring (bicyclic) bond motifs is 1. The summed E-state index contributed by atoms with van der Waals surface area (Å²) >= 11 is 0. The number of hydrogen-bond acceptors (Lipinski definition) is 3. The van der Waals surface area contributed by atoms with E-state index in [0.717, 1.165) is 29.9 Å². The van der Waals surface area contributed by atoms with Gasteiger partial charge >= 0.3 is 0 Å². The highest BCUT2D eigenvalue weighted by Gasteiger charge is 2.30. The van der Waals surface area contributed by atoms with E-state index in [4.69, 9.17) is 0 Å². The first-order valence-corrected chi connectivity index (χ1v) is 7.04. The largest absolute Gasteiger partial charge is 0.312 e. The number of para-hydroxylation sites is 1. The topological polar surface area (TPSA) is 61.9 Å². The molecule has 1 N–H and O–H groups in total. The predicted octanol–water partition coefficient (Wildman–Crippen LogP) is 1.96. The molecule has 0 saturated carbocycles. The van der Waals surface area contributed by atoms with Crippen molar-refractivity contribution >= 4 is 11.6 Å². The van der Waals surface area contributed by atoms with Crippen LogP contribution in [0.3, 0.4) is 0 Å². The first kappa shape index (κ1) is 12.8. The van der Waals surface area contributed by atoms with Gasteiger partial charge in [0.2, 0.25) is 5.91 Å². The van der Waals surface area contributed by atoms with Crippen molar-refractivity contribution in [3.8, 4) is 0 Å². The third kappa shape index (κ3) is 2.31. The molecule has 1 atom stereocenters. The number of hydrogen-bond donors (Lipinski definition) is 1. The second-order valence-corrected chi connectivity index (χ2v) is 5.07. The lowest BCUT2D eigenvalue weighted by Crippen LogP contribution is -2.38. The molecule has 0 fully saturated rings. The Kier molecular flexibility index (Phi) is 3.50. The minimum absolute atomic E-state index is 0.00718. The molecule has 20 heavy (non-hydrogen) atoms. The van der Waals surface area contributed by atoms with Crippen LogP contribution in [0.15, 0.2) is 30.3 Å². The van der Waals surface area contributed by atoms with E-state index in [9.17, 15) is 4.79 Å². The van der Waals surface area contributed by atoms with Gasteiger partial charge in [0.1, 0.15) is 0 Å². The molecule has 2 aromatic rings. The summed E-state index contributed by atoms with van der Waals surface area (Å²) in [6.45, 7) is 2.69. The van der Waals surface area contributed by atoms with Crippen molar-refractivity contribution in [2.45, 2.75) is 26.2 Å². The Morgan fingerprint density at radius 3 is 2.80 bits per heavy atom. The maximum Gasteiger partial charge on any atom is 0.230 e. The fourth-order valence-electron chi connectivity index (χ4n) is 2.79. The molecule has 3 rings (SSSR count). The Balaban J connectivity index is 1.78. The van der Waals surface area contributed by atoms with Gasteiger partial charge in [-0.1, -0.05) is 18.2 Å². The number of amides is 1. The van der Waals surface area contributed by atoms with Crippen LogP contribution in [-0.4, -0.2) is 27.9 Å². The molecule has 0 bridgehead atoms. The number of rotatable bonds is 3. The van der Waals surface area contributed by atoms with Crippen LogP contribution in [0.5, 0.6) is 0 Å². The summed E-state index contributed by atoms with van der Waals surface area (Å²) in [4.78, 5) is 14.6. The zero-order chi connectivity index (χ0) is 13.9. The Morgan fingerprint density at radius 1 is 1.30 bits per heavy atom. The monoisotopic (exact) mass is 270 g/mol. The fraction of sp³-hybridized carbons (Fsp3) is 0.400. The Labute approximate surface area is 118 Å². The molecule has 0 aliphatic heterocycles. The second kappa shape index (κ2) is 5.45. The number of H-pyrrole nitrogens is 1. The van der Waals surface area contributed by atoms with Crippen LogP contribution in [0.2, 0.25) is 0 Å². The molecular formula is C15H18N4O. The van der Waals surface area contributed by atoms with Crippen molar-refractivity contribution < 1.29 is 4.79 Å². The quantitative estimate of drug-likeness (QED) is 0.927. The van der Waals surface area contributed by atoms with E-state index >= 15 is 0 Å². The summed E-state index contributed by atoms with van der Waals surface area (Å²) in [7, 11) is 0. The van der Waals surface area contributed by atoms with E-state index in [2.05, 4.69) is 15.4 Å². The number of aryl methyl sites for hydroxylation is 1.